The Hall–Kier alpha value is -3.13. The average Bonchev–Trinajstić information content (AvgIpc) is 2.15. The molecule has 3 N–H and O–H groups in total. The second kappa shape index (κ2) is 4.80. The van der Waals surface area contributed by atoms with Crippen LogP contribution in [0.15, 0.2) is 0 Å². The summed E-state index contributed by atoms with van der Waals surface area (Å²) in [5.74, 6) is -5.51. The Morgan fingerprint density at radius 1 is 1.06 bits per heavy atom. The van der Waals surface area contributed by atoms with Crippen LogP contribution in [-0.4, -0.2) is 43.1 Å². The van der Waals surface area contributed by atoms with Crippen LogP contribution in [0.25, 0.3) is 0 Å². The zero-order valence-corrected chi connectivity index (χ0v) is 8.29. The highest BCUT2D eigenvalue weighted by Crippen LogP contribution is 2.14. The minimum atomic E-state index is -4.08. The van der Waals surface area contributed by atoms with Gasteiger partial charge < -0.3 is 5.73 Å². The molecule has 18 heavy (non-hydrogen) atoms. The molecule has 0 aromatic rings. The lowest BCUT2D eigenvalue weighted by Crippen LogP contribution is -2.62. The number of hydrogen-bond donors (Lipinski definition) is 2. The van der Waals surface area contributed by atoms with Crippen LogP contribution in [0.2, 0.25) is 0 Å². The van der Waals surface area contributed by atoms with Gasteiger partial charge in [0.15, 0.2) is 19.8 Å². The molecule has 0 aromatic carbocycles. The highest BCUT2D eigenvalue weighted by atomic mass is 16.7. The Morgan fingerprint density at radius 2 is 1.39 bits per heavy atom. The molecule has 15 heteroatoms. The van der Waals surface area contributed by atoms with Crippen LogP contribution in [0.4, 0.5) is 0 Å². The van der Waals surface area contributed by atoms with E-state index in [1.54, 1.807) is 0 Å². The molecule has 0 aliphatic carbocycles. The average molecular weight is 267 g/mol. The number of rotatable bonds is 6. The summed E-state index contributed by atoms with van der Waals surface area (Å²) in [4.78, 5) is 35.9. The van der Waals surface area contributed by atoms with Crippen molar-refractivity contribution < 1.29 is 19.8 Å². The first kappa shape index (κ1) is 14.9. The number of nitrogens with one attached hydrogen (secondary N) is 1. The Balaban J connectivity index is 5.69. The molecule has 0 unspecified atom stereocenters. The number of nitrogens with zero attached hydrogens (tertiary/aromatic N) is 5. The maximum atomic E-state index is 10.4. The largest absolute Gasteiger partial charge is 0.724 e. The number of guanidine groups is 1. The fourth-order valence-electron chi connectivity index (χ4n) is 0.805. The second-order valence-corrected chi connectivity index (χ2v) is 2.73. The molecule has 0 aliphatic heterocycles. The molecule has 0 fully saturated rings. The van der Waals surface area contributed by atoms with Gasteiger partial charge >= 0.3 is 12.3 Å². The van der Waals surface area contributed by atoms with E-state index in [0.29, 0.717) is 0 Å². The third-order valence-electron chi connectivity index (χ3n) is 1.71. The Morgan fingerprint density at radius 3 is 1.56 bits per heavy atom. The lowest BCUT2D eigenvalue weighted by molar-refractivity contribution is -0.972. The molecular formula is C3H5N7O8. The quantitative estimate of drug-likeness (QED) is 0.174. The topological polar surface area (TPSA) is 226 Å². The molecule has 0 atom stereocenters. The predicted molar refractivity (Wildman–Crippen MR) is 49.3 cm³/mol. The maximum absolute atomic E-state index is 10.4. The highest BCUT2D eigenvalue weighted by molar-refractivity contribution is 5.73. The molecule has 0 radical (unpaired) electrons. The van der Waals surface area contributed by atoms with E-state index in [4.69, 9.17) is 5.41 Å². The summed E-state index contributed by atoms with van der Waals surface area (Å²) in [5.41, 5.74) is 4.65. The summed E-state index contributed by atoms with van der Waals surface area (Å²) in [6.45, 7) is -1.93. The Kier molecular flexibility index (Phi) is 3.97. The molecule has 0 spiro atoms. The van der Waals surface area contributed by atoms with Gasteiger partial charge in [0.05, 0.1) is 0 Å². The van der Waals surface area contributed by atoms with Crippen molar-refractivity contribution >= 4 is 5.96 Å². The molecule has 100 valence electrons. The van der Waals surface area contributed by atoms with Crippen LogP contribution >= 0.6 is 0 Å². The van der Waals surface area contributed by atoms with E-state index >= 15 is 0 Å². The van der Waals surface area contributed by atoms with Gasteiger partial charge in [0, 0.05) is 0 Å². The van der Waals surface area contributed by atoms with Crippen molar-refractivity contribution in [2.75, 3.05) is 6.54 Å². The molecule has 0 saturated carbocycles. The molecule has 0 bridgehead atoms. The number of hydrazine groups is 1. The first-order valence-electron chi connectivity index (χ1n) is 3.76. The van der Waals surface area contributed by atoms with Gasteiger partial charge in [0.2, 0.25) is 0 Å². The van der Waals surface area contributed by atoms with E-state index in [-0.39, 0.29) is 0 Å². The number of hydrogen-bond acceptors (Lipinski definition) is 9. The van der Waals surface area contributed by atoms with Gasteiger partial charge in [0.25, 0.3) is 5.96 Å². The van der Waals surface area contributed by atoms with E-state index < -0.39 is 43.1 Å². The molecule has 0 saturated heterocycles. The monoisotopic (exact) mass is 267 g/mol. The molecular weight excluding hydrogens is 262 g/mol. The van der Waals surface area contributed by atoms with Gasteiger partial charge in [-0.25, -0.2) is 10.1 Å². The Labute approximate surface area is 95.8 Å². The maximum Gasteiger partial charge on any atom is 0.724 e. The molecule has 0 aliphatic rings. The van der Waals surface area contributed by atoms with Crippen LogP contribution in [0, 0.1) is 45.9 Å². The zero-order valence-electron chi connectivity index (χ0n) is 8.29. The lowest BCUT2D eigenvalue weighted by Gasteiger charge is -2.13. The van der Waals surface area contributed by atoms with Crippen molar-refractivity contribution in [3.8, 4) is 0 Å². The summed E-state index contributed by atoms with van der Waals surface area (Å²) >= 11 is 0. The SMILES string of the molecule is N=C(N)N(CC([N+](=O)[O-])([N+](=O)[O-])[N+](=O)[O-])[N+](=O)[O-]. The van der Waals surface area contributed by atoms with Crippen molar-refractivity contribution in [2.24, 2.45) is 5.73 Å². The van der Waals surface area contributed by atoms with Gasteiger partial charge in [-0.3, -0.25) is 35.8 Å². The van der Waals surface area contributed by atoms with Crippen molar-refractivity contribution in [3.05, 3.63) is 40.5 Å². The van der Waals surface area contributed by atoms with Crippen LogP contribution in [0.1, 0.15) is 0 Å². The van der Waals surface area contributed by atoms with Crippen molar-refractivity contribution in [3.63, 3.8) is 0 Å². The van der Waals surface area contributed by atoms with E-state index in [1.165, 1.54) is 0 Å². The Bertz CT molecular complexity index is 380. The third-order valence-corrected chi connectivity index (χ3v) is 1.71. The standard InChI is InChI=1S/C3H5N7O8/c4-2(5)6(10(17)18)1-3(7(11)12,8(13)14)9(15)16/h1H2,(H3,4,5). The van der Waals surface area contributed by atoms with Gasteiger partial charge in [0.1, 0.15) is 0 Å². The van der Waals surface area contributed by atoms with Crippen molar-refractivity contribution in [2.45, 2.75) is 5.79 Å². The molecule has 0 heterocycles. The van der Waals surface area contributed by atoms with Gasteiger partial charge in [-0.1, -0.05) is 0 Å². The van der Waals surface area contributed by atoms with Crippen LogP contribution in [0.5, 0.6) is 0 Å². The van der Waals surface area contributed by atoms with Crippen molar-refractivity contribution in [1.82, 2.24) is 5.01 Å². The normalized spacial score (nSPS) is 10.4. The summed E-state index contributed by atoms with van der Waals surface area (Å²) < 4.78 is 0. The fraction of sp³-hybridized carbons (Fsp3) is 0.667. The highest BCUT2D eigenvalue weighted by Gasteiger charge is 2.73. The fourth-order valence-corrected chi connectivity index (χ4v) is 0.805. The molecule has 0 aromatic heterocycles. The third kappa shape index (κ3) is 2.33. The second-order valence-electron chi connectivity index (χ2n) is 2.73. The summed E-state index contributed by atoms with van der Waals surface area (Å²) in [5, 5.41) is 46.3. The van der Waals surface area contributed by atoms with Crippen LogP contribution < -0.4 is 5.73 Å². The zero-order chi connectivity index (χ0) is 14.7. The minimum absolute atomic E-state index is 0.575. The lowest BCUT2D eigenvalue weighted by atomic mass is 10.3. The molecule has 15 nitrogen and oxygen atoms in total. The minimum Gasteiger partial charge on any atom is -0.365 e. The molecule has 0 amide bonds. The van der Waals surface area contributed by atoms with Gasteiger partial charge in [-0.2, -0.15) is 0 Å². The summed E-state index contributed by atoms with van der Waals surface area (Å²) in [7, 11) is 0. The van der Waals surface area contributed by atoms with E-state index in [9.17, 15) is 40.5 Å². The smallest absolute Gasteiger partial charge is 0.365 e. The first-order chi connectivity index (χ1) is 8.07. The van der Waals surface area contributed by atoms with E-state index in [1.807, 2.05) is 0 Å². The van der Waals surface area contributed by atoms with Gasteiger partial charge in [-0.05, 0) is 5.01 Å². The summed E-state index contributed by atoms with van der Waals surface area (Å²) in [6.07, 6.45) is 0. The molecule has 0 rings (SSSR count). The first-order valence-corrected chi connectivity index (χ1v) is 3.76. The van der Waals surface area contributed by atoms with E-state index in [2.05, 4.69) is 5.73 Å². The predicted octanol–water partition coefficient (Wildman–Crippen LogP) is -2.14. The van der Waals surface area contributed by atoms with Crippen LogP contribution in [-0.2, 0) is 0 Å². The number of nitrogens with two attached hydrogens (primary N) is 1. The number of nitro groups is 4. The van der Waals surface area contributed by atoms with Crippen molar-refractivity contribution in [1.29, 1.82) is 5.41 Å². The summed E-state index contributed by atoms with van der Waals surface area (Å²) in [6, 6.07) is 0. The van der Waals surface area contributed by atoms with E-state index in [0.717, 1.165) is 0 Å². The van der Waals surface area contributed by atoms with Gasteiger partial charge in [-0.15, -0.1) is 0 Å². The van der Waals surface area contributed by atoms with Crippen LogP contribution in [0.3, 0.4) is 0 Å².